The molecule has 0 radical (unpaired) electrons. The van der Waals surface area contributed by atoms with Gasteiger partial charge in [0.25, 0.3) is 0 Å². The monoisotopic (exact) mass is 454 g/mol. The molecule has 0 spiro atoms. The number of hydrogen-bond acceptors (Lipinski definition) is 6. The van der Waals surface area contributed by atoms with Gasteiger partial charge in [-0.2, -0.15) is 0 Å². The Kier molecular flexibility index (Phi) is 15.8. The lowest BCUT2D eigenvalue weighted by atomic mass is 9.98. The summed E-state index contributed by atoms with van der Waals surface area (Å²) in [4.78, 5) is 0. The first kappa shape index (κ1) is 29.0. The molecule has 0 saturated carbocycles. The molecule has 0 N–H and O–H groups in total. The van der Waals surface area contributed by atoms with E-state index in [9.17, 15) is 9.13 Å². The van der Waals surface area contributed by atoms with Crippen molar-refractivity contribution in [3.8, 4) is 0 Å². The number of rotatable bonds is 18. The minimum atomic E-state index is -3.62. The van der Waals surface area contributed by atoms with E-state index >= 15 is 0 Å². The third-order valence-electron chi connectivity index (χ3n) is 4.59. The van der Waals surface area contributed by atoms with Gasteiger partial charge in [0, 0.05) is 0 Å². The summed E-state index contributed by atoms with van der Waals surface area (Å²) in [6, 6.07) is 0. The Hall–Kier alpha value is 0.0400. The zero-order valence-electron chi connectivity index (χ0n) is 19.6. The molecule has 0 amide bonds. The minimum absolute atomic E-state index is 0.216. The van der Waals surface area contributed by atoms with Crippen LogP contribution in [0.4, 0.5) is 0 Å². The molecule has 0 aromatic rings. The van der Waals surface area contributed by atoms with E-state index in [1.54, 1.807) is 27.7 Å². The van der Waals surface area contributed by atoms with Crippen LogP contribution >= 0.6 is 15.2 Å². The van der Waals surface area contributed by atoms with Gasteiger partial charge in [-0.15, -0.1) is 0 Å². The van der Waals surface area contributed by atoms with Gasteiger partial charge in [-0.3, -0.25) is 9.13 Å². The van der Waals surface area contributed by atoms with E-state index in [0.717, 1.165) is 32.1 Å². The van der Waals surface area contributed by atoms with Crippen molar-refractivity contribution in [3.63, 3.8) is 0 Å². The lowest BCUT2D eigenvalue weighted by Gasteiger charge is -2.31. The second-order valence-corrected chi connectivity index (χ2v) is 12.3. The maximum absolute atomic E-state index is 13.5. The van der Waals surface area contributed by atoms with Gasteiger partial charge < -0.3 is 18.1 Å². The number of hydrogen-bond donors (Lipinski definition) is 0. The Labute approximate surface area is 179 Å². The Morgan fingerprint density at radius 1 is 0.759 bits per heavy atom. The van der Waals surface area contributed by atoms with E-state index in [1.807, 2.05) is 0 Å². The van der Waals surface area contributed by atoms with Crippen LogP contribution in [0.5, 0.6) is 0 Å². The summed E-state index contributed by atoms with van der Waals surface area (Å²) in [5.41, 5.74) is 1.35. The Balaban J connectivity index is 5.15. The normalized spacial score (nSPS) is 13.7. The molecule has 0 aromatic carbocycles. The summed E-state index contributed by atoms with van der Waals surface area (Å²) in [7, 11) is -7.25. The molecule has 1 atom stereocenters. The SMILES string of the molecule is CCOP(=O)(OCC)C(CCCC[C@@H](C)CCC=C(C)C)P(=O)(OCC)OCC. The van der Waals surface area contributed by atoms with Crippen LogP contribution in [0.2, 0.25) is 0 Å². The zero-order valence-corrected chi connectivity index (χ0v) is 21.4. The lowest BCUT2D eigenvalue weighted by molar-refractivity contribution is 0.193. The molecule has 29 heavy (non-hydrogen) atoms. The summed E-state index contributed by atoms with van der Waals surface area (Å²) in [6.07, 6.45) is 7.75. The van der Waals surface area contributed by atoms with E-state index < -0.39 is 20.6 Å². The van der Waals surface area contributed by atoms with Crippen LogP contribution in [0.25, 0.3) is 0 Å². The van der Waals surface area contributed by atoms with Crippen molar-refractivity contribution in [3.05, 3.63) is 11.6 Å². The van der Waals surface area contributed by atoms with Crippen molar-refractivity contribution in [2.75, 3.05) is 26.4 Å². The van der Waals surface area contributed by atoms with E-state index in [-0.39, 0.29) is 26.4 Å². The number of allylic oxidation sites excluding steroid dienone is 2. The molecular formula is C21H44O6P2. The lowest BCUT2D eigenvalue weighted by Crippen LogP contribution is -2.18. The highest BCUT2D eigenvalue weighted by atomic mass is 31.2. The molecule has 174 valence electrons. The van der Waals surface area contributed by atoms with Crippen molar-refractivity contribution in [1.29, 1.82) is 0 Å². The molecule has 0 rings (SSSR count). The maximum atomic E-state index is 13.5. The molecule has 0 bridgehead atoms. The second kappa shape index (κ2) is 15.8. The molecule has 6 nitrogen and oxygen atoms in total. The van der Waals surface area contributed by atoms with E-state index in [2.05, 4.69) is 26.8 Å². The third kappa shape index (κ3) is 11.3. The maximum Gasteiger partial charge on any atom is 0.345 e. The summed E-state index contributed by atoms with van der Waals surface area (Å²) in [5.74, 6) is 0.611. The van der Waals surface area contributed by atoms with Gasteiger partial charge in [-0.05, 0) is 66.7 Å². The third-order valence-corrected chi connectivity index (χ3v) is 10.7. The highest BCUT2D eigenvalue weighted by molar-refractivity contribution is 7.72. The molecule has 0 aliphatic rings. The van der Waals surface area contributed by atoms with E-state index in [0.29, 0.717) is 12.3 Å². The second-order valence-electron chi connectivity index (χ2n) is 7.48. The van der Waals surface area contributed by atoms with Gasteiger partial charge in [0.05, 0.1) is 26.4 Å². The van der Waals surface area contributed by atoms with Crippen LogP contribution in [0.3, 0.4) is 0 Å². The highest BCUT2D eigenvalue weighted by Crippen LogP contribution is 2.71. The first-order chi connectivity index (χ1) is 13.7. The van der Waals surface area contributed by atoms with Crippen LogP contribution in [0.1, 0.15) is 87.0 Å². The molecule has 0 aromatic heterocycles. The standard InChI is InChI=1S/C21H44O6P2/c1-8-24-28(22,25-9-2)21(29(23,26-10-3)27-11-4)18-13-12-16-20(7)17-14-15-19(5)6/h15,20-21H,8-14,16-18H2,1-7H3/t20-/m1/s1. The van der Waals surface area contributed by atoms with Crippen LogP contribution in [0.15, 0.2) is 11.6 Å². The predicted octanol–water partition coefficient (Wildman–Crippen LogP) is 7.79. The van der Waals surface area contributed by atoms with E-state index in [4.69, 9.17) is 18.1 Å². The van der Waals surface area contributed by atoms with Crippen molar-refractivity contribution < 1.29 is 27.2 Å². The average Bonchev–Trinajstić information content (AvgIpc) is 2.61. The van der Waals surface area contributed by atoms with Crippen LogP contribution in [0, 0.1) is 5.92 Å². The van der Waals surface area contributed by atoms with Crippen LogP contribution in [-0.4, -0.2) is 31.8 Å². The largest absolute Gasteiger partial charge is 0.345 e. The van der Waals surface area contributed by atoms with Crippen molar-refractivity contribution in [2.45, 2.75) is 92.4 Å². The van der Waals surface area contributed by atoms with Crippen molar-refractivity contribution in [2.24, 2.45) is 5.92 Å². The van der Waals surface area contributed by atoms with Gasteiger partial charge >= 0.3 is 15.2 Å². The van der Waals surface area contributed by atoms with Gasteiger partial charge in [0.15, 0.2) is 5.40 Å². The highest BCUT2D eigenvalue weighted by Gasteiger charge is 2.50. The molecule has 8 heteroatoms. The molecule has 0 saturated heterocycles. The molecule has 0 aliphatic heterocycles. The smallest absolute Gasteiger partial charge is 0.308 e. The van der Waals surface area contributed by atoms with Gasteiger partial charge in [-0.25, -0.2) is 0 Å². The van der Waals surface area contributed by atoms with Gasteiger partial charge in [0.1, 0.15) is 0 Å². The molecule has 0 heterocycles. The minimum Gasteiger partial charge on any atom is -0.308 e. The van der Waals surface area contributed by atoms with Crippen molar-refractivity contribution in [1.82, 2.24) is 0 Å². The Morgan fingerprint density at radius 2 is 1.17 bits per heavy atom. The predicted molar refractivity (Wildman–Crippen MR) is 122 cm³/mol. The number of unbranched alkanes of at least 4 members (excludes halogenated alkanes) is 1. The summed E-state index contributed by atoms with van der Waals surface area (Å²) in [5, 5.41) is -0.893. The summed E-state index contributed by atoms with van der Waals surface area (Å²) in [6.45, 7) is 14.4. The molecule has 0 unspecified atom stereocenters. The fourth-order valence-corrected chi connectivity index (χ4v) is 8.71. The topological polar surface area (TPSA) is 71.1 Å². The van der Waals surface area contributed by atoms with E-state index in [1.165, 1.54) is 5.57 Å². The van der Waals surface area contributed by atoms with Crippen LogP contribution in [-0.2, 0) is 27.2 Å². The molecule has 0 aliphatic carbocycles. The fourth-order valence-electron chi connectivity index (χ4n) is 3.25. The van der Waals surface area contributed by atoms with Crippen molar-refractivity contribution >= 4 is 15.2 Å². The Bertz CT molecular complexity index is 495. The Morgan fingerprint density at radius 3 is 1.55 bits per heavy atom. The fraction of sp³-hybridized carbons (Fsp3) is 0.905. The van der Waals surface area contributed by atoms with Crippen LogP contribution < -0.4 is 0 Å². The average molecular weight is 455 g/mol. The molecular weight excluding hydrogens is 410 g/mol. The van der Waals surface area contributed by atoms with Gasteiger partial charge in [0.2, 0.25) is 0 Å². The summed E-state index contributed by atoms with van der Waals surface area (Å²) >= 11 is 0. The summed E-state index contributed by atoms with van der Waals surface area (Å²) < 4.78 is 49.0. The first-order valence-electron chi connectivity index (χ1n) is 11.1. The zero-order chi connectivity index (χ0) is 22.3. The first-order valence-corrected chi connectivity index (χ1v) is 14.3. The molecule has 0 fully saturated rings. The van der Waals surface area contributed by atoms with Gasteiger partial charge in [-0.1, -0.05) is 37.8 Å². The quantitative estimate of drug-likeness (QED) is 0.120.